The van der Waals surface area contributed by atoms with Crippen molar-refractivity contribution in [1.82, 2.24) is 0 Å². The number of unbranched alkanes of at least 4 members (excludes halogenated alkanes) is 2. The summed E-state index contributed by atoms with van der Waals surface area (Å²) in [6.45, 7) is 14.9. The Balaban J connectivity index is 0.728. The van der Waals surface area contributed by atoms with Gasteiger partial charge in [-0.25, -0.2) is 0 Å². The second kappa shape index (κ2) is 17.3. The normalized spacial score (nSPS) is 50.0. The summed E-state index contributed by atoms with van der Waals surface area (Å²) in [5, 5.41) is 44.1. The number of carbonyl (C=O) groups is 2. The van der Waals surface area contributed by atoms with Crippen LogP contribution in [0.3, 0.4) is 0 Å². The zero-order valence-electron chi connectivity index (χ0n) is 38.5. The number of aliphatic hydroxyl groups excluding tert-OH is 4. The van der Waals surface area contributed by atoms with E-state index in [0.29, 0.717) is 108 Å². The number of hydrogen-bond acceptors (Lipinski definition) is 6. The molecule has 8 aliphatic carbocycles. The summed E-state index contributed by atoms with van der Waals surface area (Å²) in [6.07, 6.45) is 23.9. The second-order valence-electron chi connectivity index (χ2n) is 24.6. The number of Topliss-reactive ketones (excluding diaryl/α,β-unsaturated/α-hetero) is 2. The summed E-state index contributed by atoms with van der Waals surface area (Å²) in [4.78, 5) is 26.2. The summed E-state index contributed by atoms with van der Waals surface area (Å²) >= 11 is 0. The van der Waals surface area contributed by atoms with Gasteiger partial charge in [0.05, 0.1) is 24.4 Å². The molecule has 6 nitrogen and oxygen atoms in total. The van der Waals surface area contributed by atoms with Gasteiger partial charge in [0.25, 0.3) is 0 Å². The molecule has 0 heterocycles. The van der Waals surface area contributed by atoms with E-state index in [0.717, 1.165) is 83.5 Å². The van der Waals surface area contributed by atoms with E-state index in [2.05, 4.69) is 41.5 Å². The van der Waals surface area contributed by atoms with E-state index in [1.165, 1.54) is 51.4 Å². The lowest BCUT2D eigenvalue weighted by Gasteiger charge is -2.62. The molecule has 0 aliphatic heterocycles. The first kappa shape index (κ1) is 44.8. The van der Waals surface area contributed by atoms with Crippen LogP contribution in [-0.2, 0) is 9.59 Å². The van der Waals surface area contributed by atoms with Gasteiger partial charge in [0.1, 0.15) is 11.6 Å². The van der Waals surface area contributed by atoms with E-state index in [9.17, 15) is 30.0 Å². The van der Waals surface area contributed by atoms with E-state index in [4.69, 9.17) is 0 Å². The Hall–Kier alpha value is -0.820. The number of rotatable bonds is 14. The van der Waals surface area contributed by atoms with Gasteiger partial charge in [-0.15, -0.1) is 0 Å². The first-order valence-electron chi connectivity index (χ1n) is 25.7. The molecule has 4 N–H and O–H groups in total. The third-order valence-electron chi connectivity index (χ3n) is 22.0. The third kappa shape index (κ3) is 8.04. The highest BCUT2D eigenvalue weighted by Gasteiger charge is 2.64. The molecule has 8 rings (SSSR count). The maximum Gasteiger partial charge on any atom is 0.132 e. The number of hydrogen-bond donors (Lipinski definition) is 4. The monoisotopic (exact) mass is 821 g/mol. The number of ketones is 2. The number of fused-ring (bicyclic) bond motifs is 10. The van der Waals surface area contributed by atoms with E-state index in [1.54, 1.807) is 0 Å². The van der Waals surface area contributed by atoms with Crippen LogP contribution in [0.15, 0.2) is 0 Å². The van der Waals surface area contributed by atoms with Crippen LogP contribution in [0.2, 0.25) is 0 Å². The lowest BCUT2D eigenvalue weighted by Crippen LogP contribution is -2.58. The highest BCUT2D eigenvalue weighted by atomic mass is 16.3. The predicted molar refractivity (Wildman–Crippen MR) is 235 cm³/mol. The lowest BCUT2D eigenvalue weighted by molar-refractivity contribution is -0.174. The average Bonchev–Trinajstić information content (AvgIpc) is 3.74. The molecule has 8 aliphatic rings. The molecule has 20 atom stereocenters. The molecule has 336 valence electrons. The summed E-state index contributed by atoms with van der Waals surface area (Å²) in [5.41, 5.74) is 1.03. The molecule has 4 unspecified atom stereocenters. The van der Waals surface area contributed by atoms with Gasteiger partial charge in [0, 0.05) is 25.7 Å². The molecule has 0 amide bonds. The first-order chi connectivity index (χ1) is 28.0. The molecular weight excluding hydrogens is 733 g/mol. The van der Waals surface area contributed by atoms with Crippen molar-refractivity contribution in [2.75, 3.05) is 0 Å². The van der Waals surface area contributed by atoms with Crippen molar-refractivity contribution in [3.8, 4) is 0 Å². The fourth-order valence-electron chi connectivity index (χ4n) is 18.6. The molecule has 0 bridgehead atoms. The summed E-state index contributed by atoms with van der Waals surface area (Å²) in [7, 11) is 0. The van der Waals surface area contributed by atoms with E-state index < -0.39 is 0 Å². The zero-order chi connectivity index (χ0) is 42.1. The summed E-state index contributed by atoms with van der Waals surface area (Å²) in [5.74, 6) is 7.10. The van der Waals surface area contributed by atoms with Crippen LogP contribution < -0.4 is 0 Å². The molecule has 0 radical (unpaired) electrons. The minimum absolute atomic E-state index is 0.190. The Morgan fingerprint density at radius 2 is 0.847 bits per heavy atom. The lowest BCUT2D eigenvalue weighted by atomic mass is 9.43. The van der Waals surface area contributed by atoms with Crippen LogP contribution in [-0.4, -0.2) is 56.4 Å². The molecule has 0 aromatic rings. The Bertz CT molecular complexity index is 1390. The molecule has 59 heavy (non-hydrogen) atoms. The Morgan fingerprint density at radius 3 is 1.25 bits per heavy atom. The fourth-order valence-corrected chi connectivity index (χ4v) is 18.6. The molecule has 8 saturated carbocycles. The van der Waals surface area contributed by atoms with Gasteiger partial charge in [-0.1, -0.05) is 48.0 Å². The van der Waals surface area contributed by atoms with E-state index in [-0.39, 0.29) is 46.1 Å². The first-order valence-corrected chi connectivity index (χ1v) is 25.7. The Labute approximate surface area is 359 Å². The minimum atomic E-state index is -0.235. The molecule has 6 heteroatoms. The highest BCUT2D eigenvalue weighted by Crippen LogP contribution is 2.70. The highest BCUT2D eigenvalue weighted by molar-refractivity contribution is 5.78. The number of aliphatic hydroxyl groups is 4. The summed E-state index contributed by atoms with van der Waals surface area (Å²) < 4.78 is 0. The molecule has 0 aromatic heterocycles. The van der Waals surface area contributed by atoms with Crippen molar-refractivity contribution < 1.29 is 30.0 Å². The molecule has 0 saturated heterocycles. The van der Waals surface area contributed by atoms with Crippen molar-refractivity contribution >= 4 is 11.6 Å². The number of carbonyl (C=O) groups excluding carboxylic acids is 2. The van der Waals surface area contributed by atoms with Crippen molar-refractivity contribution in [3.63, 3.8) is 0 Å². The topological polar surface area (TPSA) is 115 Å². The van der Waals surface area contributed by atoms with Gasteiger partial charge < -0.3 is 20.4 Å². The quantitative estimate of drug-likeness (QED) is 0.130. The van der Waals surface area contributed by atoms with E-state index in [1.807, 2.05) is 0 Å². The molecular formula is C53H88O6. The van der Waals surface area contributed by atoms with Crippen LogP contribution in [0.25, 0.3) is 0 Å². The van der Waals surface area contributed by atoms with Gasteiger partial charge in [0.15, 0.2) is 0 Å². The standard InChI is InChI=1S/C53H88O6/c1-32(40-16-18-42-48-44(22-26-52(40,42)5)50(3)24-20-38(56)28-34(50)30-46(48)58)12-14-36(54)10-8-7-9-11-37(55)15-13-33(2)41-17-19-43-49-45(23-27-53(41,43)6)51(4)25-21-39(57)29-35(51)31-47(49)59/h32-35,38-49,56-59H,7-31H2,1-6H3/t32-,33+,34?,35?,38-,39-,40-,41-,42?,43?,44+,45+,46+,47+,48+,49+,50+,51+,52-,53-/m1/s1. The maximum absolute atomic E-state index is 13.1. The Kier molecular flexibility index (Phi) is 13.1. The minimum Gasteiger partial charge on any atom is -0.393 e. The van der Waals surface area contributed by atoms with Crippen molar-refractivity contribution in [2.45, 2.75) is 226 Å². The Morgan fingerprint density at radius 1 is 0.475 bits per heavy atom. The van der Waals surface area contributed by atoms with Crippen LogP contribution >= 0.6 is 0 Å². The molecule has 0 aromatic carbocycles. The van der Waals surface area contributed by atoms with Gasteiger partial charge in [-0.05, 0) is 221 Å². The molecule has 0 spiro atoms. The van der Waals surface area contributed by atoms with Gasteiger partial charge in [-0.2, -0.15) is 0 Å². The fraction of sp³-hybridized carbons (Fsp3) is 0.962. The third-order valence-corrected chi connectivity index (χ3v) is 22.0. The smallest absolute Gasteiger partial charge is 0.132 e. The SMILES string of the molecule is C[C@H](CCC(=O)CCCCCC(=O)CC[C@H](C)[C@H]1CCC2[C@@H]3[C@@H](O)CC4C[C@H](O)CC[C@]4(C)[C@H]3CC[C@@]21C)[C@H]1CCC2[C@@H]3[C@@H](O)CC4C[C@H](O)CC[C@]4(C)[C@H]3CC[C@@]21C. The van der Waals surface area contributed by atoms with Crippen molar-refractivity contribution in [3.05, 3.63) is 0 Å². The molecule has 8 fully saturated rings. The van der Waals surface area contributed by atoms with Crippen molar-refractivity contribution in [1.29, 1.82) is 0 Å². The largest absolute Gasteiger partial charge is 0.393 e. The van der Waals surface area contributed by atoms with Crippen molar-refractivity contribution in [2.24, 2.45) is 92.7 Å². The maximum atomic E-state index is 13.1. The van der Waals surface area contributed by atoms with E-state index >= 15 is 0 Å². The van der Waals surface area contributed by atoms with Crippen LogP contribution in [0, 0.1) is 92.7 Å². The van der Waals surface area contributed by atoms with Gasteiger partial charge >= 0.3 is 0 Å². The average molecular weight is 821 g/mol. The predicted octanol–water partition coefficient (Wildman–Crippen LogP) is 10.9. The van der Waals surface area contributed by atoms with Gasteiger partial charge in [-0.3, -0.25) is 9.59 Å². The second-order valence-corrected chi connectivity index (χ2v) is 24.6. The summed E-state index contributed by atoms with van der Waals surface area (Å²) in [6, 6.07) is 0. The van der Waals surface area contributed by atoms with Crippen LogP contribution in [0.4, 0.5) is 0 Å². The van der Waals surface area contributed by atoms with Crippen LogP contribution in [0.1, 0.15) is 202 Å². The zero-order valence-corrected chi connectivity index (χ0v) is 38.5. The van der Waals surface area contributed by atoms with Gasteiger partial charge in [0.2, 0.25) is 0 Å². The van der Waals surface area contributed by atoms with Crippen LogP contribution in [0.5, 0.6) is 0 Å².